The molecule has 0 radical (unpaired) electrons. The molecule has 1 aromatic carbocycles. The van der Waals surface area contributed by atoms with Crippen molar-refractivity contribution in [3.8, 4) is 5.75 Å². The van der Waals surface area contributed by atoms with Crippen molar-refractivity contribution in [1.82, 2.24) is 0 Å². The minimum Gasteiger partial charge on any atom is -0.494 e. The van der Waals surface area contributed by atoms with Crippen LogP contribution in [0, 0.1) is 5.82 Å². The van der Waals surface area contributed by atoms with E-state index < -0.39 is 32.1 Å². The van der Waals surface area contributed by atoms with Crippen molar-refractivity contribution in [1.29, 1.82) is 0 Å². The number of methoxy groups -OCH3 is 1. The topological polar surface area (TPSA) is 80.7 Å². The lowest BCUT2D eigenvalue weighted by Crippen LogP contribution is -2.41. The molecular weight excluding hydrogens is 275 g/mol. The van der Waals surface area contributed by atoms with Crippen LogP contribution in [0.15, 0.2) is 18.2 Å². The van der Waals surface area contributed by atoms with E-state index in [4.69, 9.17) is 9.84 Å². The van der Waals surface area contributed by atoms with E-state index in [0.717, 1.165) is 19.9 Å². The van der Waals surface area contributed by atoms with Gasteiger partial charge in [-0.1, -0.05) is 6.07 Å². The number of halogens is 1. The lowest BCUT2D eigenvalue weighted by molar-refractivity contribution is -0.139. The van der Waals surface area contributed by atoms with Crippen LogP contribution in [0.5, 0.6) is 5.75 Å². The van der Waals surface area contributed by atoms with Crippen molar-refractivity contribution in [2.45, 2.75) is 24.3 Å². The first-order chi connectivity index (χ1) is 8.61. The lowest BCUT2D eigenvalue weighted by Gasteiger charge is -2.19. The summed E-state index contributed by atoms with van der Waals surface area (Å²) in [5.41, 5.74) is 0.174. The van der Waals surface area contributed by atoms with Crippen molar-refractivity contribution in [2.24, 2.45) is 0 Å². The second kappa shape index (κ2) is 5.16. The number of hydrogen-bond donors (Lipinski definition) is 1. The number of hydrogen-bond acceptors (Lipinski definition) is 4. The van der Waals surface area contributed by atoms with Gasteiger partial charge in [-0.05, 0) is 31.5 Å². The Morgan fingerprint density at radius 1 is 1.42 bits per heavy atom. The Kier molecular flexibility index (Phi) is 4.19. The SMILES string of the molecule is COc1ccc(CS(=O)(=O)C(C)(C)C(=O)O)cc1F. The van der Waals surface area contributed by atoms with Gasteiger partial charge in [0.15, 0.2) is 26.2 Å². The van der Waals surface area contributed by atoms with Crippen LogP contribution in [0.3, 0.4) is 0 Å². The number of carboxylic acids is 1. The van der Waals surface area contributed by atoms with Gasteiger partial charge in [-0.2, -0.15) is 0 Å². The van der Waals surface area contributed by atoms with E-state index in [1.54, 1.807) is 0 Å². The van der Waals surface area contributed by atoms with Crippen molar-refractivity contribution in [3.63, 3.8) is 0 Å². The van der Waals surface area contributed by atoms with Gasteiger partial charge in [0.1, 0.15) is 0 Å². The van der Waals surface area contributed by atoms with Gasteiger partial charge in [0, 0.05) is 0 Å². The largest absolute Gasteiger partial charge is 0.494 e. The molecule has 0 aliphatic rings. The monoisotopic (exact) mass is 290 g/mol. The smallest absolute Gasteiger partial charge is 0.324 e. The predicted octanol–water partition coefficient (Wildman–Crippen LogP) is 1.61. The number of rotatable bonds is 5. The Balaban J connectivity index is 3.09. The third kappa shape index (κ3) is 3.04. The van der Waals surface area contributed by atoms with Crippen LogP contribution >= 0.6 is 0 Å². The van der Waals surface area contributed by atoms with Crippen molar-refractivity contribution >= 4 is 15.8 Å². The van der Waals surface area contributed by atoms with Gasteiger partial charge in [-0.15, -0.1) is 0 Å². The van der Waals surface area contributed by atoms with E-state index in [0.29, 0.717) is 0 Å². The summed E-state index contributed by atoms with van der Waals surface area (Å²) < 4.78 is 40.2. The number of benzene rings is 1. The van der Waals surface area contributed by atoms with Crippen LogP contribution < -0.4 is 4.74 Å². The van der Waals surface area contributed by atoms with Crippen LogP contribution in [0.4, 0.5) is 4.39 Å². The van der Waals surface area contributed by atoms with Crippen LogP contribution in [0.25, 0.3) is 0 Å². The molecule has 0 amide bonds. The molecule has 1 N–H and O–H groups in total. The first-order valence-corrected chi connectivity index (χ1v) is 7.05. The molecule has 0 saturated carbocycles. The third-order valence-electron chi connectivity index (χ3n) is 2.87. The molecule has 1 aromatic rings. The maximum atomic E-state index is 13.4. The highest BCUT2D eigenvalue weighted by molar-refractivity contribution is 7.92. The minimum absolute atomic E-state index is 0.00126. The summed E-state index contributed by atoms with van der Waals surface area (Å²) in [5.74, 6) is -2.68. The van der Waals surface area contributed by atoms with Gasteiger partial charge in [0.2, 0.25) is 0 Å². The van der Waals surface area contributed by atoms with Gasteiger partial charge in [0.05, 0.1) is 12.9 Å². The Labute approximate surface area is 110 Å². The summed E-state index contributed by atoms with van der Waals surface area (Å²) in [6.07, 6.45) is 0. The van der Waals surface area contributed by atoms with Gasteiger partial charge in [-0.3, -0.25) is 4.79 Å². The second-order valence-corrected chi connectivity index (χ2v) is 7.08. The average molecular weight is 290 g/mol. The summed E-state index contributed by atoms with van der Waals surface area (Å²) in [4.78, 5) is 11.0. The van der Waals surface area contributed by atoms with E-state index in [2.05, 4.69) is 0 Å². The highest BCUT2D eigenvalue weighted by atomic mass is 32.2. The fourth-order valence-electron chi connectivity index (χ4n) is 1.33. The molecule has 0 aromatic heterocycles. The normalized spacial score (nSPS) is 12.2. The van der Waals surface area contributed by atoms with E-state index in [-0.39, 0.29) is 11.3 Å². The first-order valence-electron chi connectivity index (χ1n) is 5.40. The van der Waals surface area contributed by atoms with Gasteiger partial charge >= 0.3 is 5.97 Å². The molecule has 0 bridgehead atoms. The Hall–Kier alpha value is -1.63. The lowest BCUT2D eigenvalue weighted by atomic mass is 10.2. The molecular formula is C12H15FO5S. The number of carbonyl (C=O) groups is 1. The van der Waals surface area contributed by atoms with Crippen molar-refractivity contribution in [2.75, 3.05) is 7.11 Å². The molecule has 106 valence electrons. The molecule has 0 heterocycles. The molecule has 19 heavy (non-hydrogen) atoms. The predicted molar refractivity (Wildman–Crippen MR) is 67.3 cm³/mol. The molecule has 0 unspecified atom stereocenters. The molecule has 5 nitrogen and oxygen atoms in total. The molecule has 0 fully saturated rings. The number of aliphatic carboxylic acids is 1. The van der Waals surface area contributed by atoms with Crippen molar-refractivity contribution < 1.29 is 27.4 Å². The highest BCUT2D eigenvalue weighted by Gasteiger charge is 2.41. The summed E-state index contributed by atoms with van der Waals surface area (Å²) in [6.45, 7) is 2.20. The summed E-state index contributed by atoms with van der Waals surface area (Å²) in [7, 11) is -2.66. The molecule has 0 aliphatic carbocycles. The van der Waals surface area contributed by atoms with E-state index >= 15 is 0 Å². The highest BCUT2D eigenvalue weighted by Crippen LogP contribution is 2.24. The van der Waals surface area contributed by atoms with Gasteiger partial charge < -0.3 is 9.84 Å². The third-order valence-corrected chi connectivity index (χ3v) is 5.31. The number of carboxylic acid groups (broad SMARTS) is 1. The first kappa shape index (κ1) is 15.4. The second-order valence-electron chi connectivity index (χ2n) is 4.54. The fourth-order valence-corrected chi connectivity index (χ4v) is 2.58. The summed E-state index contributed by atoms with van der Waals surface area (Å²) in [5, 5.41) is 8.92. The van der Waals surface area contributed by atoms with E-state index in [9.17, 15) is 17.6 Å². The Morgan fingerprint density at radius 3 is 2.42 bits per heavy atom. The van der Waals surface area contributed by atoms with Gasteiger partial charge in [-0.25, -0.2) is 12.8 Å². The standard InChI is InChI=1S/C12H15FO5S/c1-12(2,11(14)15)19(16,17)7-8-4-5-10(18-3)9(13)6-8/h4-6H,7H2,1-3H3,(H,14,15). The molecule has 0 atom stereocenters. The van der Waals surface area contributed by atoms with Crippen LogP contribution in [0.2, 0.25) is 0 Å². The van der Waals surface area contributed by atoms with Gasteiger partial charge in [0.25, 0.3) is 0 Å². The van der Waals surface area contributed by atoms with Crippen LogP contribution in [-0.4, -0.2) is 31.4 Å². The molecule has 0 spiro atoms. The maximum absolute atomic E-state index is 13.4. The molecule has 0 aliphatic heterocycles. The number of ether oxygens (including phenoxy) is 1. The van der Waals surface area contributed by atoms with Crippen LogP contribution in [0.1, 0.15) is 19.4 Å². The Morgan fingerprint density at radius 2 is 2.00 bits per heavy atom. The molecule has 7 heteroatoms. The Bertz CT molecular complexity index is 592. The minimum atomic E-state index is -3.96. The molecule has 0 saturated heterocycles. The van der Waals surface area contributed by atoms with Crippen LogP contribution in [-0.2, 0) is 20.4 Å². The number of sulfone groups is 1. The zero-order valence-corrected chi connectivity index (χ0v) is 11.6. The van der Waals surface area contributed by atoms with E-state index in [1.807, 2.05) is 0 Å². The van der Waals surface area contributed by atoms with Crippen molar-refractivity contribution in [3.05, 3.63) is 29.6 Å². The molecule has 1 rings (SSSR count). The quantitative estimate of drug-likeness (QED) is 0.891. The van der Waals surface area contributed by atoms with E-state index in [1.165, 1.54) is 19.2 Å². The summed E-state index contributed by atoms with van der Waals surface area (Å²) >= 11 is 0. The fraction of sp³-hybridized carbons (Fsp3) is 0.417. The summed E-state index contributed by atoms with van der Waals surface area (Å²) in [6, 6.07) is 3.71. The average Bonchev–Trinajstić information content (AvgIpc) is 2.28. The zero-order valence-electron chi connectivity index (χ0n) is 10.8. The zero-order chi connectivity index (χ0) is 14.8. The maximum Gasteiger partial charge on any atom is 0.324 e.